The number of aromatic nitrogens is 2. The molecule has 0 radical (unpaired) electrons. The highest BCUT2D eigenvalue weighted by Crippen LogP contribution is 2.20. The minimum Gasteiger partial charge on any atom is -0.369 e. The van der Waals surface area contributed by atoms with Gasteiger partial charge in [0.25, 0.3) is 0 Å². The fourth-order valence-electron chi connectivity index (χ4n) is 1.81. The van der Waals surface area contributed by atoms with Crippen LogP contribution in [0.1, 0.15) is 12.8 Å². The predicted octanol–water partition coefficient (Wildman–Crippen LogP) is 2.77. The largest absolute Gasteiger partial charge is 0.369 e. The lowest BCUT2D eigenvalue weighted by Crippen LogP contribution is -2.07. The number of thioether (sulfide) groups is 1. The summed E-state index contributed by atoms with van der Waals surface area (Å²) in [5, 5.41) is 4.37. The summed E-state index contributed by atoms with van der Waals surface area (Å²) in [6.45, 7) is 0.918. The molecule has 0 atom stereocenters. The third kappa shape index (κ3) is 3.26. The Kier molecular flexibility index (Phi) is 4.64. The second-order valence-electron chi connectivity index (χ2n) is 4.07. The number of unbranched alkanes of at least 4 members (excludes halogenated alkanes) is 1. The highest BCUT2D eigenvalue weighted by Gasteiger charge is 2.04. The number of hydrogen-bond donors (Lipinski definition) is 2. The molecular weight excluding hydrogens is 244 g/mol. The lowest BCUT2D eigenvalue weighted by atomic mass is 10.2. The Morgan fingerprint density at radius 3 is 2.89 bits per heavy atom. The first-order chi connectivity index (χ1) is 8.81. The maximum atomic E-state index is 5.71. The quantitative estimate of drug-likeness (QED) is 0.784. The molecule has 0 unspecified atom stereocenters. The van der Waals surface area contributed by atoms with E-state index in [1.54, 1.807) is 0 Å². The van der Waals surface area contributed by atoms with Gasteiger partial charge in [-0.3, -0.25) is 0 Å². The smallest absolute Gasteiger partial charge is 0.222 e. The standard InChI is InChI=1S/C13H18N4S/c1-18-9-5-4-8-15-12-10-6-2-3-7-11(10)16-13(14)17-12/h2-3,6-7H,4-5,8-9H2,1H3,(H3,14,15,16,17). The van der Waals surface area contributed by atoms with E-state index in [4.69, 9.17) is 5.73 Å². The Bertz CT molecular complexity index is 515. The highest BCUT2D eigenvalue weighted by atomic mass is 32.2. The molecule has 4 nitrogen and oxygen atoms in total. The van der Waals surface area contributed by atoms with Crippen LogP contribution in [0.15, 0.2) is 24.3 Å². The molecule has 1 heterocycles. The van der Waals surface area contributed by atoms with Crippen molar-refractivity contribution in [2.45, 2.75) is 12.8 Å². The molecule has 96 valence electrons. The van der Waals surface area contributed by atoms with Crippen molar-refractivity contribution in [2.75, 3.05) is 29.6 Å². The van der Waals surface area contributed by atoms with E-state index in [2.05, 4.69) is 21.5 Å². The van der Waals surface area contributed by atoms with E-state index in [1.807, 2.05) is 36.0 Å². The van der Waals surface area contributed by atoms with Gasteiger partial charge in [-0.05, 0) is 37.0 Å². The fraction of sp³-hybridized carbons (Fsp3) is 0.385. The van der Waals surface area contributed by atoms with E-state index in [0.717, 1.165) is 29.7 Å². The summed E-state index contributed by atoms with van der Waals surface area (Å²) >= 11 is 1.88. The highest BCUT2D eigenvalue weighted by molar-refractivity contribution is 7.98. The van der Waals surface area contributed by atoms with Gasteiger partial charge in [0.1, 0.15) is 5.82 Å². The van der Waals surface area contributed by atoms with Crippen molar-refractivity contribution in [3.8, 4) is 0 Å². The third-order valence-corrected chi connectivity index (χ3v) is 3.39. The van der Waals surface area contributed by atoms with Gasteiger partial charge in [0.2, 0.25) is 5.95 Å². The number of hydrogen-bond acceptors (Lipinski definition) is 5. The number of fused-ring (bicyclic) bond motifs is 1. The van der Waals surface area contributed by atoms with Crippen LogP contribution in [0.2, 0.25) is 0 Å². The van der Waals surface area contributed by atoms with Crippen molar-refractivity contribution >= 4 is 34.4 Å². The molecule has 2 aromatic rings. The van der Waals surface area contributed by atoms with Crippen molar-refractivity contribution < 1.29 is 0 Å². The Hall–Kier alpha value is -1.49. The molecule has 5 heteroatoms. The average molecular weight is 262 g/mol. The van der Waals surface area contributed by atoms with Crippen LogP contribution in [-0.4, -0.2) is 28.5 Å². The van der Waals surface area contributed by atoms with Crippen LogP contribution in [0.25, 0.3) is 10.9 Å². The Labute approximate surface area is 111 Å². The summed E-state index contributed by atoms with van der Waals surface area (Å²) in [6, 6.07) is 7.91. The van der Waals surface area contributed by atoms with Crippen LogP contribution in [0.5, 0.6) is 0 Å². The lowest BCUT2D eigenvalue weighted by Gasteiger charge is -2.09. The maximum absolute atomic E-state index is 5.71. The molecule has 3 N–H and O–H groups in total. The topological polar surface area (TPSA) is 63.8 Å². The molecule has 18 heavy (non-hydrogen) atoms. The SMILES string of the molecule is CSCCCCNc1nc(N)nc2ccccc12. The van der Waals surface area contributed by atoms with E-state index in [-0.39, 0.29) is 0 Å². The Balaban J connectivity index is 2.07. The van der Waals surface area contributed by atoms with E-state index in [0.29, 0.717) is 5.95 Å². The van der Waals surface area contributed by atoms with Crippen LogP contribution in [0.3, 0.4) is 0 Å². The normalized spacial score (nSPS) is 10.7. The summed E-state index contributed by atoms with van der Waals surface area (Å²) in [5.74, 6) is 2.36. The van der Waals surface area contributed by atoms with Gasteiger partial charge in [-0.2, -0.15) is 16.7 Å². The van der Waals surface area contributed by atoms with Crippen molar-refractivity contribution in [1.82, 2.24) is 9.97 Å². The molecule has 0 bridgehead atoms. The molecule has 0 aliphatic carbocycles. The van der Waals surface area contributed by atoms with E-state index in [1.165, 1.54) is 12.2 Å². The van der Waals surface area contributed by atoms with Gasteiger partial charge in [0.05, 0.1) is 5.52 Å². The average Bonchev–Trinajstić information content (AvgIpc) is 2.38. The van der Waals surface area contributed by atoms with E-state index >= 15 is 0 Å². The van der Waals surface area contributed by atoms with Crippen LogP contribution in [0.4, 0.5) is 11.8 Å². The molecule has 0 amide bonds. The molecule has 0 saturated carbocycles. The van der Waals surface area contributed by atoms with Gasteiger partial charge in [-0.1, -0.05) is 12.1 Å². The summed E-state index contributed by atoms with van der Waals surface area (Å²) in [7, 11) is 0. The second-order valence-corrected chi connectivity index (χ2v) is 5.06. The van der Waals surface area contributed by atoms with Crippen LogP contribution < -0.4 is 11.1 Å². The summed E-state index contributed by atoms with van der Waals surface area (Å²) in [5.41, 5.74) is 6.60. The zero-order chi connectivity index (χ0) is 12.8. The monoisotopic (exact) mass is 262 g/mol. The molecule has 0 aliphatic rings. The summed E-state index contributed by atoms with van der Waals surface area (Å²) in [4.78, 5) is 8.49. The number of nitrogen functional groups attached to an aromatic ring is 1. The van der Waals surface area contributed by atoms with Crippen molar-refractivity contribution in [3.05, 3.63) is 24.3 Å². The zero-order valence-electron chi connectivity index (χ0n) is 10.5. The first-order valence-corrected chi connectivity index (χ1v) is 7.45. The predicted molar refractivity (Wildman–Crippen MR) is 80.1 cm³/mol. The third-order valence-electron chi connectivity index (χ3n) is 2.69. The molecule has 1 aromatic heterocycles. The fourth-order valence-corrected chi connectivity index (χ4v) is 2.30. The van der Waals surface area contributed by atoms with Gasteiger partial charge in [0, 0.05) is 11.9 Å². The number of para-hydroxylation sites is 1. The van der Waals surface area contributed by atoms with Crippen LogP contribution in [-0.2, 0) is 0 Å². The minimum atomic E-state index is 0.320. The number of benzene rings is 1. The molecule has 0 aliphatic heterocycles. The molecule has 0 spiro atoms. The van der Waals surface area contributed by atoms with Gasteiger partial charge in [-0.25, -0.2) is 4.98 Å². The minimum absolute atomic E-state index is 0.320. The van der Waals surface area contributed by atoms with Crippen molar-refractivity contribution in [1.29, 1.82) is 0 Å². The second kappa shape index (κ2) is 6.44. The summed E-state index contributed by atoms with van der Waals surface area (Å²) < 4.78 is 0. The summed E-state index contributed by atoms with van der Waals surface area (Å²) in [6.07, 6.45) is 4.48. The molecular formula is C13H18N4S. The van der Waals surface area contributed by atoms with E-state index in [9.17, 15) is 0 Å². The van der Waals surface area contributed by atoms with Crippen LogP contribution >= 0.6 is 11.8 Å². The lowest BCUT2D eigenvalue weighted by molar-refractivity contribution is 0.840. The number of anilines is 2. The van der Waals surface area contributed by atoms with Crippen molar-refractivity contribution in [3.63, 3.8) is 0 Å². The van der Waals surface area contributed by atoms with Gasteiger partial charge >= 0.3 is 0 Å². The Morgan fingerprint density at radius 1 is 1.22 bits per heavy atom. The van der Waals surface area contributed by atoms with Crippen LogP contribution in [0, 0.1) is 0 Å². The molecule has 1 aromatic carbocycles. The number of rotatable bonds is 6. The van der Waals surface area contributed by atoms with Crippen molar-refractivity contribution in [2.24, 2.45) is 0 Å². The van der Waals surface area contributed by atoms with Gasteiger partial charge in [0.15, 0.2) is 0 Å². The first-order valence-electron chi connectivity index (χ1n) is 6.06. The number of nitrogens with one attached hydrogen (secondary N) is 1. The first kappa shape index (κ1) is 13.0. The molecule has 2 rings (SSSR count). The number of nitrogens with two attached hydrogens (primary N) is 1. The number of nitrogens with zero attached hydrogens (tertiary/aromatic N) is 2. The Morgan fingerprint density at radius 2 is 2.06 bits per heavy atom. The molecule has 0 saturated heterocycles. The molecule has 0 fully saturated rings. The maximum Gasteiger partial charge on any atom is 0.222 e. The van der Waals surface area contributed by atoms with E-state index < -0.39 is 0 Å². The zero-order valence-corrected chi connectivity index (χ0v) is 11.3. The van der Waals surface area contributed by atoms with Gasteiger partial charge in [-0.15, -0.1) is 0 Å². The van der Waals surface area contributed by atoms with Gasteiger partial charge < -0.3 is 11.1 Å².